The Morgan fingerprint density at radius 2 is 1.79 bits per heavy atom. The molecule has 19 heavy (non-hydrogen) atoms. The molecule has 98 valence electrons. The zero-order chi connectivity index (χ0) is 13.5. The lowest BCUT2D eigenvalue weighted by atomic mass is 10.2. The predicted octanol–water partition coefficient (Wildman–Crippen LogP) is 4.05. The second-order valence-electron chi connectivity index (χ2n) is 4.20. The van der Waals surface area contributed by atoms with Crippen LogP contribution >= 0.6 is 11.8 Å². The molecule has 0 heterocycles. The Hall–Kier alpha value is -1.74. The highest BCUT2D eigenvalue weighted by atomic mass is 32.2. The Labute approximate surface area is 117 Å². The third kappa shape index (κ3) is 4.79. The van der Waals surface area contributed by atoms with Gasteiger partial charge in [-0.3, -0.25) is 4.79 Å². The van der Waals surface area contributed by atoms with Crippen LogP contribution in [0.4, 0.5) is 0 Å². The van der Waals surface area contributed by atoms with Crippen molar-refractivity contribution in [3.63, 3.8) is 0 Å². The summed E-state index contributed by atoms with van der Waals surface area (Å²) in [5.74, 6) is 1.53. The molecule has 0 spiro atoms. The van der Waals surface area contributed by atoms with Gasteiger partial charge in [0.15, 0.2) is 5.12 Å². The lowest BCUT2D eigenvalue weighted by Gasteiger charge is -2.07. The summed E-state index contributed by atoms with van der Waals surface area (Å²) in [5.41, 5.74) is 2.25. The van der Waals surface area contributed by atoms with Gasteiger partial charge >= 0.3 is 0 Å². The molecule has 0 aliphatic carbocycles. The van der Waals surface area contributed by atoms with E-state index in [1.54, 1.807) is 6.92 Å². The summed E-state index contributed by atoms with van der Waals surface area (Å²) in [5, 5.41) is 0.135. The van der Waals surface area contributed by atoms with E-state index < -0.39 is 0 Å². The largest absolute Gasteiger partial charge is 0.489 e. The Morgan fingerprint density at radius 1 is 1.05 bits per heavy atom. The van der Waals surface area contributed by atoms with Crippen LogP contribution in [0.15, 0.2) is 54.6 Å². The fraction of sp³-hybridized carbons (Fsp3) is 0.188. The first-order valence-electron chi connectivity index (χ1n) is 6.13. The van der Waals surface area contributed by atoms with Crippen LogP contribution in [0, 0.1) is 0 Å². The fourth-order valence-electron chi connectivity index (χ4n) is 1.65. The van der Waals surface area contributed by atoms with Gasteiger partial charge in [-0.2, -0.15) is 0 Å². The van der Waals surface area contributed by atoms with E-state index in [0.717, 1.165) is 16.9 Å². The number of ether oxygens (including phenoxy) is 1. The highest BCUT2D eigenvalue weighted by Crippen LogP contribution is 2.19. The van der Waals surface area contributed by atoms with Crippen LogP contribution in [0.1, 0.15) is 18.1 Å². The molecule has 0 N–H and O–H groups in total. The van der Waals surface area contributed by atoms with Gasteiger partial charge < -0.3 is 4.74 Å². The van der Waals surface area contributed by atoms with Crippen molar-refractivity contribution in [1.29, 1.82) is 0 Å². The Morgan fingerprint density at radius 3 is 2.53 bits per heavy atom. The van der Waals surface area contributed by atoms with Gasteiger partial charge in [0.05, 0.1) is 0 Å². The molecule has 0 atom stereocenters. The maximum Gasteiger partial charge on any atom is 0.186 e. The van der Waals surface area contributed by atoms with Gasteiger partial charge in [-0.15, -0.1) is 0 Å². The number of carbonyl (C=O) groups excluding carboxylic acids is 1. The highest BCUT2D eigenvalue weighted by molar-refractivity contribution is 8.12. The number of carbonyl (C=O) groups is 1. The minimum Gasteiger partial charge on any atom is -0.489 e. The summed E-state index contributed by atoms with van der Waals surface area (Å²) in [6, 6.07) is 17.9. The molecule has 2 nitrogen and oxygen atoms in total. The molecular weight excluding hydrogens is 256 g/mol. The van der Waals surface area contributed by atoms with E-state index in [2.05, 4.69) is 0 Å². The molecule has 2 rings (SSSR count). The Bertz CT molecular complexity index is 537. The van der Waals surface area contributed by atoms with Gasteiger partial charge in [0.1, 0.15) is 12.4 Å². The van der Waals surface area contributed by atoms with Gasteiger partial charge in [-0.25, -0.2) is 0 Å². The van der Waals surface area contributed by atoms with Crippen molar-refractivity contribution in [3.8, 4) is 5.75 Å². The quantitative estimate of drug-likeness (QED) is 0.821. The molecule has 0 fully saturated rings. The second-order valence-corrected chi connectivity index (χ2v) is 5.35. The van der Waals surface area contributed by atoms with E-state index in [0.29, 0.717) is 12.4 Å². The summed E-state index contributed by atoms with van der Waals surface area (Å²) >= 11 is 1.31. The van der Waals surface area contributed by atoms with Crippen LogP contribution < -0.4 is 4.74 Å². The maximum absolute atomic E-state index is 10.9. The summed E-state index contributed by atoms with van der Waals surface area (Å²) in [6.07, 6.45) is 0. The van der Waals surface area contributed by atoms with Gasteiger partial charge in [-0.1, -0.05) is 54.2 Å². The van der Waals surface area contributed by atoms with E-state index in [9.17, 15) is 4.79 Å². The fourth-order valence-corrected chi connectivity index (χ4v) is 2.20. The predicted molar refractivity (Wildman–Crippen MR) is 79.2 cm³/mol. The van der Waals surface area contributed by atoms with Crippen LogP contribution in [0.2, 0.25) is 0 Å². The minimum atomic E-state index is 0.135. The molecular formula is C16H16O2S. The van der Waals surface area contributed by atoms with Crippen molar-refractivity contribution in [3.05, 3.63) is 65.7 Å². The van der Waals surface area contributed by atoms with Crippen LogP contribution in [0.3, 0.4) is 0 Å². The van der Waals surface area contributed by atoms with E-state index >= 15 is 0 Å². The summed E-state index contributed by atoms with van der Waals surface area (Å²) < 4.78 is 5.75. The molecule has 0 aliphatic rings. The van der Waals surface area contributed by atoms with E-state index in [-0.39, 0.29) is 5.12 Å². The average molecular weight is 272 g/mol. The first-order chi connectivity index (χ1) is 9.24. The molecule has 0 aromatic heterocycles. The molecule has 0 saturated carbocycles. The van der Waals surface area contributed by atoms with E-state index in [1.165, 1.54) is 11.8 Å². The topological polar surface area (TPSA) is 26.3 Å². The summed E-state index contributed by atoms with van der Waals surface area (Å²) in [4.78, 5) is 10.9. The summed E-state index contributed by atoms with van der Waals surface area (Å²) in [6.45, 7) is 2.14. The molecule has 0 bridgehead atoms. The van der Waals surface area contributed by atoms with Crippen LogP contribution in [0.25, 0.3) is 0 Å². The van der Waals surface area contributed by atoms with Gasteiger partial charge in [0, 0.05) is 12.7 Å². The molecule has 3 heteroatoms. The third-order valence-corrected chi connectivity index (χ3v) is 3.47. The minimum absolute atomic E-state index is 0.135. The van der Waals surface area contributed by atoms with Crippen molar-refractivity contribution >= 4 is 16.9 Å². The number of benzene rings is 2. The average Bonchev–Trinajstić information content (AvgIpc) is 2.44. The number of thioether (sulfide) groups is 1. The Balaban J connectivity index is 1.93. The lowest BCUT2D eigenvalue weighted by molar-refractivity contribution is -0.109. The van der Waals surface area contributed by atoms with Crippen molar-refractivity contribution in [1.82, 2.24) is 0 Å². The second kappa shape index (κ2) is 7.00. The molecule has 0 saturated heterocycles. The molecule has 2 aromatic carbocycles. The van der Waals surface area contributed by atoms with Gasteiger partial charge in [-0.05, 0) is 23.3 Å². The van der Waals surface area contributed by atoms with Crippen LogP contribution in [0.5, 0.6) is 5.75 Å². The Kier molecular flexibility index (Phi) is 5.04. The van der Waals surface area contributed by atoms with Crippen LogP contribution in [-0.4, -0.2) is 5.12 Å². The van der Waals surface area contributed by atoms with Crippen molar-refractivity contribution < 1.29 is 9.53 Å². The number of hydrogen-bond donors (Lipinski definition) is 0. The molecule has 2 aromatic rings. The zero-order valence-electron chi connectivity index (χ0n) is 10.8. The van der Waals surface area contributed by atoms with E-state index in [4.69, 9.17) is 4.74 Å². The molecule has 0 radical (unpaired) electrons. The SMILES string of the molecule is CC(=O)SCc1cccc(OCc2ccccc2)c1. The van der Waals surface area contributed by atoms with Crippen molar-refractivity contribution in [2.45, 2.75) is 19.3 Å². The lowest BCUT2D eigenvalue weighted by Crippen LogP contribution is -1.95. The molecule has 0 aliphatic heterocycles. The first-order valence-corrected chi connectivity index (χ1v) is 7.11. The van der Waals surface area contributed by atoms with Crippen molar-refractivity contribution in [2.24, 2.45) is 0 Å². The smallest absolute Gasteiger partial charge is 0.186 e. The third-order valence-electron chi connectivity index (χ3n) is 2.59. The maximum atomic E-state index is 10.9. The van der Waals surface area contributed by atoms with Gasteiger partial charge in [0.25, 0.3) is 0 Å². The number of hydrogen-bond acceptors (Lipinski definition) is 3. The zero-order valence-corrected chi connectivity index (χ0v) is 11.7. The highest BCUT2D eigenvalue weighted by Gasteiger charge is 2.00. The van der Waals surface area contributed by atoms with E-state index in [1.807, 2.05) is 54.6 Å². The standard InChI is InChI=1S/C16H16O2S/c1-13(17)19-12-15-8-5-9-16(10-15)18-11-14-6-3-2-4-7-14/h2-10H,11-12H2,1H3. The monoisotopic (exact) mass is 272 g/mol. The first kappa shape index (κ1) is 13.7. The van der Waals surface area contributed by atoms with Crippen molar-refractivity contribution in [2.75, 3.05) is 0 Å². The van der Waals surface area contributed by atoms with Crippen LogP contribution in [-0.2, 0) is 17.2 Å². The number of rotatable bonds is 5. The normalized spacial score (nSPS) is 10.2. The summed E-state index contributed by atoms with van der Waals surface area (Å²) in [7, 11) is 0. The molecule has 0 amide bonds. The van der Waals surface area contributed by atoms with Gasteiger partial charge in [0.2, 0.25) is 0 Å². The molecule has 0 unspecified atom stereocenters.